The number of carbonyl (C=O) groups excluding carboxylic acids is 1. The quantitative estimate of drug-likeness (QED) is 0.242. The summed E-state index contributed by atoms with van der Waals surface area (Å²) < 4.78 is 23.4. The Bertz CT molecular complexity index is 1380. The summed E-state index contributed by atoms with van der Waals surface area (Å²) in [5, 5.41) is 0.352. The van der Waals surface area contributed by atoms with Crippen molar-refractivity contribution in [1.29, 1.82) is 0 Å². The molecule has 36 heavy (non-hydrogen) atoms. The largest absolute Gasteiger partial charge is 0.488 e. The minimum Gasteiger partial charge on any atom is -0.488 e. The number of halogens is 1. The van der Waals surface area contributed by atoms with Gasteiger partial charge in [-0.05, 0) is 52.9 Å². The van der Waals surface area contributed by atoms with Crippen LogP contribution in [0.1, 0.15) is 27.0 Å². The highest BCUT2D eigenvalue weighted by molar-refractivity contribution is 6.32. The van der Waals surface area contributed by atoms with Crippen molar-refractivity contribution in [2.75, 3.05) is 13.2 Å². The lowest BCUT2D eigenvalue weighted by atomic mass is 9.96. The summed E-state index contributed by atoms with van der Waals surface area (Å²) in [4.78, 5) is 11.6. The molecule has 0 bridgehead atoms. The molecular formula is C30H25ClO5. The van der Waals surface area contributed by atoms with E-state index in [0.29, 0.717) is 48.5 Å². The normalized spacial score (nSPS) is 12.2. The summed E-state index contributed by atoms with van der Waals surface area (Å²) in [7, 11) is 0. The van der Waals surface area contributed by atoms with Crippen molar-refractivity contribution in [2.24, 2.45) is 0 Å². The standard InChI is InChI=1S/C30H25ClO5/c1-20-23(8-5-9-25(20)22-10-11-27-30(15-22)34-13-12-33-27)19-36-29-16-28(24(17-32)14-26(29)31)35-18-21-6-3-2-4-7-21/h2-11,14-17H,12-13,18-19H2,1H3. The highest BCUT2D eigenvalue weighted by atomic mass is 35.5. The first-order chi connectivity index (χ1) is 17.6. The van der Waals surface area contributed by atoms with Crippen molar-refractivity contribution >= 4 is 17.9 Å². The summed E-state index contributed by atoms with van der Waals surface area (Å²) in [6, 6.07) is 25.1. The fourth-order valence-corrected chi connectivity index (χ4v) is 4.36. The second-order valence-corrected chi connectivity index (χ2v) is 8.86. The number of hydrogen-bond acceptors (Lipinski definition) is 5. The van der Waals surface area contributed by atoms with Gasteiger partial charge in [0, 0.05) is 6.07 Å². The Labute approximate surface area is 215 Å². The molecule has 4 aromatic carbocycles. The molecule has 0 saturated carbocycles. The zero-order valence-electron chi connectivity index (χ0n) is 19.8. The number of hydrogen-bond donors (Lipinski definition) is 0. The van der Waals surface area contributed by atoms with Gasteiger partial charge in [-0.2, -0.15) is 0 Å². The van der Waals surface area contributed by atoms with Crippen LogP contribution < -0.4 is 18.9 Å². The maximum Gasteiger partial charge on any atom is 0.161 e. The summed E-state index contributed by atoms with van der Waals surface area (Å²) in [6.07, 6.45) is 0.733. The fourth-order valence-electron chi connectivity index (χ4n) is 4.13. The third-order valence-corrected chi connectivity index (χ3v) is 6.41. The molecule has 0 fully saturated rings. The van der Waals surface area contributed by atoms with Gasteiger partial charge in [0.25, 0.3) is 0 Å². The van der Waals surface area contributed by atoms with Crippen LogP contribution in [0.25, 0.3) is 11.1 Å². The van der Waals surface area contributed by atoms with E-state index in [-0.39, 0.29) is 0 Å². The highest BCUT2D eigenvalue weighted by Crippen LogP contribution is 2.37. The van der Waals surface area contributed by atoms with Crippen molar-refractivity contribution in [3.8, 4) is 34.1 Å². The molecule has 0 amide bonds. The van der Waals surface area contributed by atoms with E-state index in [2.05, 4.69) is 13.0 Å². The monoisotopic (exact) mass is 500 g/mol. The summed E-state index contributed by atoms with van der Waals surface area (Å²) in [6.45, 7) is 3.82. The Hall–Kier alpha value is -3.96. The van der Waals surface area contributed by atoms with Gasteiger partial charge in [0.05, 0.1) is 10.6 Å². The molecule has 1 heterocycles. The van der Waals surface area contributed by atoms with Crippen LogP contribution in [0.4, 0.5) is 0 Å². The van der Waals surface area contributed by atoms with Crippen molar-refractivity contribution in [3.05, 3.63) is 106 Å². The predicted octanol–water partition coefficient (Wildman–Crippen LogP) is 7.06. The van der Waals surface area contributed by atoms with E-state index in [4.69, 9.17) is 30.5 Å². The Morgan fingerprint density at radius 3 is 2.42 bits per heavy atom. The molecule has 5 rings (SSSR count). The van der Waals surface area contributed by atoms with E-state index < -0.39 is 0 Å². The third-order valence-electron chi connectivity index (χ3n) is 6.11. The molecule has 1 aliphatic heterocycles. The van der Waals surface area contributed by atoms with Gasteiger partial charge in [-0.25, -0.2) is 0 Å². The molecule has 0 unspecified atom stereocenters. The average molecular weight is 501 g/mol. The lowest BCUT2D eigenvalue weighted by Gasteiger charge is -2.20. The number of fused-ring (bicyclic) bond motifs is 1. The molecule has 0 spiro atoms. The van der Waals surface area contributed by atoms with E-state index in [1.807, 2.05) is 60.7 Å². The van der Waals surface area contributed by atoms with Crippen molar-refractivity contribution < 1.29 is 23.7 Å². The molecule has 1 aliphatic rings. The van der Waals surface area contributed by atoms with Gasteiger partial charge in [-0.1, -0.05) is 66.2 Å². The second kappa shape index (κ2) is 10.8. The predicted molar refractivity (Wildman–Crippen MR) is 140 cm³/mol. The first kappa shape index (κ1) is 23.8. The minimum absolute atomic E-state index is 0.308. The molecule has 0 aliphatic carbocycles. The molecular weight excluding hydrogens is 476 g/mol. The van der Waals surface area contributed by atoms with Gasteiger partial charge < -0.3 is 18.9 Å². The van der Waals surface area contributed by atoms with E-state index >= 15 is 0 Å². The Kier molecular flexibility index (Phi) is 7.10. The van der Waals surface area contributed by atoms with Crippen LogP contribution >= 0.6 is 11.6 Å². The number of carbonyl (C=O) groups is 1. The van der Waals surface area contributed by atoms with Crippen LogP contribution in [0.3, 0.4) is 0 Å². The zero-order valence-corrected chi connectivity index (χ0v) is 20.6. The first-order valence-electron chi connectivity index (χ1n) is 11.7. The summed E-state index contributed by atoms with van der Waals surface area (Å²) >= 11 is 6.43. The highest BCUT2D eigenvalue weighted by Gasteiger charge is 2.15. The molecule has 0 N–H and O–H groups in total. The maximum atomic E-state index is 11.6. The zero-order chi connectivity index (χ0) is 24.9. The number of benzene rings is 4. The Morgan fingerprint density at radius 2 is 1.61 bits per heavy atom. The van der Waals surface area contributed by atoms with Crippen LogP contribution in [0.5, 0.6) is 23.0 Å². The fraction of sp³-hybridized carbons (Fsp3) is 0.167. The molecule has 4 aromatic rings. The number of rotatable bonds is 8. The van der Waals surface area contributed by atoms with Gasteiger partial charge in [-0.15, -0.1) is 0 Å². The first-order valence-corrected chi connectivity index (χ1v) is 12.1. The van der Waals surface area contributed by atoms with Gasteiger partial charge in [-0.3, -0.25) is 4.79 Å². The van der Waals surface area contributed by atoms with Crippen LogP contribution in [-0.2, 0) is 13.2 Å². The Morgan fingerprint density at radius 1 is 0.833 bits per heavy atom. The molecule has 0 aromatic heterocycles. The third kappa shape index (κ3) is 5.16. The van der Waals surface area contributed by atoms with Crippen LogP contribution in [-0.4, -0.2) is 19.5 Å². The number of ether oxygens (including phenoxy) is 4. The SMILES string of the molecule is Cc1c(COc2cc(OCc3ccccc3)c(C=O)cc2Cl)cccc1-c1ccc2c(c1)OCCO2. The second-order valence-electron chi connectivity index (χ2n) is 8.45. The lowest BCUT2D eigenvalue weighted by Crippen LogP contribution is -2.15. The van der Waals surface area contributed by atoms with Crippen LogP contribution in [0.15, 0.2) is 78.9 Å². The maximum absolute atomic E-state index is 11.6. The molecule has 5 nitrogen and oxygen atoms in total. The van der Waals surface area contributed by atoms with Gasteiger partial charge >= 0.3 is 0 Å². The Balaban J connectivity index is 1.35. The van der Waals surface area contributed by atoms with E-state index in [1.54, 1.807) is 12.1 Å². The smallest absolute Gasteiger partial charge is 0.161 e. The minimum atomic E-state index is 0.308. The molecule has 0 saturated heterocycles. The summed E-state index contributed by atoms with van der Waals surface area (Å²) in [5.74, 6) is 2.40. The number of aldehydes is 1. The molecule has 0 atom stereocenters. The average Bonchev–Trinajstić information content (AvgIpc) is 2.92. The van der Waals surface area contributed by atoms with Gasteiger partial charge in [0.2, 0.25) is 0 Å². The van der Waals surface area contributed by atoms with Crippen molar-refractivity contribution in [3.63, 3.8) is 0 Å². The summed E-state index contributed by atoms with van der Waals surface area (Å²) in [5.41, 5.74) is 5.62. The van der Waals surface area contributed by atoms with Gasteiger partial charge in [0.1, 0.15) is 37.9 Å². The molecule has 0 radical (unpaired) electrons. The van der Waals surface area contributed by atoms with Crippen LogP contribution in [0, 0.1) is 6.92 Å². The topological polar surface area (TPSA) is 54.0 Å². The molecule has 182 valence electrons. The van der Waals surface area contributed by atoms with E-state index in [1.165, 1.54) is 0 Å². The van der Waals surface area contributed by atoms with Crippen molar-refractivity contribution in [1.82, 2.24) is 0 Å². The van der Waals surface area contributed by atoms with Crippen molar-refractivity contribution in [2.45, 2.75) is 20.1 Å². The van der Waals surface area contributed by atoms with E-state index in [0.717, 1.165) is 45.6 Å². The lowest BCUT2D eigenvalue weighted by molar-refractivity contribution is 0.111. The molecule has 6 heteroatoms. The van der Waals surface area contributed by atoms with Crippen LogP contribution in [0.2, 0.25) is 5.02 Å². The van der Waals surface area contributed by atoms with E-state index in [9.17, 15) is 4.79 Å². The van der Waals surface area contributed by atoms with Gasteiger partial charge in [0.15, 0.2) is 17.8 Å².